The van der Waals surface area contributed by atoms with Crippen molar-refractivity contribution in [3.05, 3.63) is 76.8 Å². The van der Waals surface area contributed by atoms with E-state index in [1.807, 2.05) is 42.5 Å². The standard InChI is InChI=1S/C26H24BrN3O3S/c1-3-16(2)18-6-13-23-22(14-18)29-25(33-23)17-4-9-20(10-5-17)28-26(34)30-24(31)15-32-21-11-7-19(27)8-12-21/h4-14,16H,3,15H2,1-2H3,(H2,28,30,31,34). The molecule has 0 fully saturated rings. The van der Waals surface area contributed by atoms with Gasteiger partial charge >= 0.3 is 0 Å². The van der Waals surface area contributed by atoms with Crippen LogP contribution in [0.25, 0.3) is 22.6 Å². The largest absolute Gasteiger partial charge is 0.484 e. The molecule has 0 aliphatic rings. The topological polar surface area (TPSA) is 76.4 Å². The molecule has 0 aliphatic heterocycles. The Hall–Kier alpha value is -3.23. The molecule has 0 saturated carbocycles. The van der Waals surface area contributed by atoms with Gasteiger partial charge in [0.1, 0.15) is 11.3 Å². The van der Waals surface area contributed by atoms with Crippen LogP contribution < -0.4 is 15.4 Å². The highest BCUT2D eigenvalue weighted by molar-refractivity contribution is 9.10. The number of nitrogens with zero attached hydrogens (tertiary/aromatic N) is 1. The minimum absolute atomic E-state index is 0.140. The van der Waals surface area contributed by atoms with Crippen molar-refractivity contribution in [3.8, 4) is 17.2 Å². The zero-order valence-corrected chi connectivity index (χ0v) is 21.2. The number of carbonyl (C=O) groups excluding carboxylic acids is 1. The number of thiocarbonyl (C=S) groups is 1. The smallest absolute Gasteiger partial charge is 0.264 e. The van der Waals surface area contributed by atoms with E-state index in [4.69, 9.17) is 21.4 Å². The number of ether oxygens (including phenoxy) is 1. The van der Waals surface area contributed by atoms with Crippen LogP contribution in [0.2, 0.25) is 0 Å². The van der Waals surface area contributed by atoms with Crippen LogP contribution in [0.1, 0.15) is 31.7 Å². The van der Waals surface area contributed by atoms with E-state index in [1.54, 1.807) is 12.1 Å². The first kappa shape index (κ1) is 23.9. The molecule has 0 radical (unpaired) electrons. The highest BCUT2D eigenvalue weighted by Gasteiger charge is 2.12. The number of nitrogens with one attached hydrogen (secondary N) is 2. The summed E-state index contributed by atoms with van der Waals surface area (Å²) in [6.07, 6.45) is 1.07. The number of hydrogen-bond donors (Lipinski definition) is 2. The molecule has 1 amide bonds. The van der Waals surface area contributed by atoms with E-state index in [0.717, 1.165) is 33.2 Å². The molecule has 0 spiro atoms. The maximum Gasteiger partial charge on any atom is 0.264 e. The maximum atomic E-state index is 12.1. The van der Waals surface area contributed by atoms with Gasteiger partial charge in [-0.3, -0.25) is 10.1 Å². The fourth-order valence-corrected chi connectivity index (χ4v) is 3.81. The molecule has 2 N–H and O–H groups in total. The summed E-state index contributed by atoms with van der Waals surface area (Å²) in [6.45, 7) is 4.24. The number of fused-ring (bicyclic) bond motifs is 1. The first-order chi connectivity index (χ1) is 16.4. The number of rotatable bonds is 7. The van der Waals surface area contributed by atoms with E-state index in [2.05, 4.69) is 57.5 Å². The van der Waals surface area contributed by atoms with Crippen LogP contribution in [0.3, 0.4) is 0 Å². The highest BCUT2D eigenvalue weighted by Crippen LogP contribution is 2.28. The Morgan fingerprint density at radius 3 is 2.56 bits per heavy atom. The van der Waals surface area contributed by atoms with Gasteiger partial charge in [-0.1, -0.05) is 35.8 Å². The number of aromatic nitrogens is 1. The quantitative estimate of drug-likeness (QED) is 0.256. The average molecular weight is 538 g/mol. The predicted molar refractivity (Wildman–Crippen MR) is 142 cm³/mol. The molecule has 0 bridgehead atoms. The summed E-state index contributed by atoms with van der Waals surface area (Å²) in [5, 5.41) is 5.80. The lowest BCUT2D eigenvalue weighted by atomic mass is 9.98. The Morgan fingerprint density at radius 2 is 1.85 bits per heavy atom. The van der Waals surface area contributed by atoms with Gasteiger partial charge in [-0.2, -0.15) is 0 Å². The van der Waals surface area contributed by atoms with Gasteiger partial charge in [0.25, 0.3) is 5.91 Å². The molecule has 0 saturated heterocycles. The Kier molecular flexibility index (Phi) is 7.59. The Labute approximate surface area is 211 Å². The zero-order valence-electron chi connectivity index (χ0n) is 18.8. The van der Waals surface area contributed by atoms with Crippen LogP contribution >= 0.6 is 28.1 Å². The number of halogens is 1. The number of anilines is 1. The van der Waals surface area contributed by atoms with Crippen molar-refractivity contribution in [1.82, 2.24) is 10.3 Å². The van der Waals surface area contributed by atoms with E-state index in [9.17, 15) is 4.79 Å². The van der Waals surface area contributed by atoms with Gasteiger partial charge < -0.3 is 14.5 Å². The number of hydrogen-bond acceptors (Lipinski definition) is 5. The third-order valence-electron chi connectivity index (χ3n) is 5.42. The molecule has 4 rings (SSSR count). The van der Waals surface area contributed by atoms with Gasteiger partial charge in [-0.15, -0.1) is 0 Å². The average Bonchev–Trinajstić information content (AvgIpc) is 3.27. The second-order valence-corrected chi connectivity index (χ2v) is 9.20. The van der Waals surface area contributed by atoms with Crippen molar-refractivity contribution in [3.63, 3.8) is 0 Å². The van der Waals surface area contributed by atoms with Crippen molar-refractivity contribution in [2.24, 2.45) is 0 Å². The predicted octanol–water partition coefficient (Wildman–Crippen LogP) is 6.66. The molecule has 1 unspecified atom stereocenters. The molecule has 1 heterocycles. The van der Waals surface area contributed by atoms with Crippen LogP contribution in [0.4, 0.5) is 5.69 Å². The van der Waals surface area contributed by atoms with Gasteiger partial charge in [-0.05, 0) is 90.8 Å². The third kappa shape index (κ3) is 6.01. The lowest BCUT2D eigenvalue weighted by molar-refractivity contribution is -0.121. The lowest BCUT2D eigenvalue weighted by Crippen LogP contribution is -2.37. The Morgan fingerprint density at radius 1 is 1.12 bits per heavy atom. The minimum atomic E-state index is -0.347. The van der Waals surface area contributed by atoms with Crippen molar-refractivity contribution in [2.75, 3.05) is 11.9 Å². The fourth-order valence-electron chi connectivity index (χ4n) is 3.31. The van der Waals surface area contributed by atoms with E-state index in [-0.39, 0.29) is 17.6 Å². The monoisotopic (exact) mass is 537 g/mol. The summed E-state index contributed by atoms with van der Waals surface area (Å²) >= 11 is 8.59. The molecule has 4 aromatic rings. The molecule has 0 aliphatic carbocycles. The van der Waals surface area contributed by atoms with Crippen LogP contribution in [-0.4, -0.2) is 22.6 Å². The molecular formula is C26H24BrN3O3S. The Balaban J connectivity index is 1.33. The van der Waals surface area contributed by atoms with E-state index in [1.165, 1.54) is 5.56 Å². The molecular weight excluding hydrogens is 514 g/mol. The minimum Gasteiger partial charge on any atom is -0.484 e. The van der Waals surface area contributed by atoms with Gasteiger partial charge in [0.15, 0.2) is 17.3 Å². The van der Waals surface area contributed by atoms with Crippen LogP contribution in [0, 0.1) is 0 Å². The highest BCUT2D eigenvalue weighted by atomic mass is 79.9. The first-order valence-corrected chi connectivity index (χ1v) is 12.1. The molecule has 1 aromatic heterocycles. The van der Waals surface area contributed by atoms with E-state index < -0.39 is 0 Å². The molecule has 174 valence electrons. The van der Waals surface area contributed by atoms with E-state index in [0.29, 0.717) is 17.6 Å². The number of amides is 1. The Bertz CT molecular complexity index is 1300. The lowest BCUT2D eigenvalue weighted by Gasteiger charge is -2.10. The maximum absolute atomic E-state index is 12.1. The molecule has 8 heteroatoms. The molecule has 3 aromatic carbocycles. The summed E-state index contributed by atoms with van der Waals surface area (Å²) in [7, 11) is 0. The summed E-state index contributed by atoms with van der Waals surface area (Å²) in [5.74, 6) is 1.29. The summed E-state index contributed by atoms with van der Waals surface area (Å²) in [6, 6.07) is 20.9. The van der Waals surface area contributed by atoms with Gasteiger partial charge in [0.05, 0.1) is 0 Å². The normalized spacial score (nSPS) is 11.7. The van der Waals surface area contributed by atoms with Gasteiger partial charge in [0.2, 0.25) is 5.89 Å². The van der Waals surface area contributed by atoms with Crippen LogP contribution in [0.5, 0.6) is 5.75 Å². The number of oxazole rings is 1. The van der Waals surface area contributed by atoms with E-state index >= 15 is 0 Å². The van der Waals surface area contributed by atoms with Gasteiger partial charge in [-0.25, -0.2) is 4.98 Å². The second kappa shape index (κ2) is 10.8. The molecule has 6 nitrogen and oxygen atoms in total. The zero-order chi connectivity index (χ0) is 24.1. The van der Waals surface area contributed by atoms with Crippen molar-refractivity contribution in [1.29, 1.82) is 0 Å². The second-order valence-electron chi connectivity index (χ2n) is 7.88. The summed E-state index contributed by atoms with van der Waals surface area (Å²) in [5.41, 5.74) is 4.46. The third-order valence-corrected chi connectivity index (χ3v) is 6.15. The first-order valence-electron chi connectivity index (χ1n) is 10.9. The number of benzene rings is 3. The van der Waals surface area contributed by atoms with Gasteiger partial charge in [0, 0.05) is 15.7 Å². The number of carbonyl (C=O) groups is 1. The van der Waals surface area contributed by atoms with Crippen LogP contribution in [0.15, 0.2) is 75.6 Å². The van der Waals surface area contributed by atoms with Crippen molar-refractivity contribution >= 4 is 56.0 Å². The van der Waals surface area contributed by atoms with Crippen molar-refractivity contribution < 1.29 is 13.9 Å². The fraction of sp³-hybridized carbons (Fsp3) is 0.192. The SMILES string of the molecule is CCC(C)c1ccc2oc(-c3ccc(NC(=S)NC(=O)COc4ccc(Br)cc4)cc3)nc2c1. The summed E-state index contributed by atoms with van der Waals surface area (Å²) in [4.78, 5) is 16.8. The molecule has 1 atom stereocenters. The van der Waals surface area contributed by atoms with Crippen LogP contribution in [-0.2, 0) is 4.79 Å². The summed E-state index contributed by atoms with van der Waals surface area (Å²) < 4.78 is 12.3. The molecule has 34 heavy (non-hydrogen) atoms. The van der Waals surface area contributed by atoms with Crippen molar-refractivity contribution in [2.45, 2.75) is 26.2 Å².